The first-order chi connectivity index (χ1) is 14.0. The maximum atomic E-state index is 12.8. The van der Waals surface area contributed by atoms with E-state index < -0.39 is 0 Å². The molecule has 0 bridgehead atoms. The van der Waals surface area contributed by atoms with Crippen LogP contribution in [0.3, 0.4) is 0 Å². The molecule has 1 N–H and O–H groups in total. The lowest BCUT2D eigenvalue weighted by atomic mass is 9.94. The Bertz CT molecular complexity index is 1140. The summed E-state index contributed by atoms with van der Waals surface area (Å²) in [7, 11) is 4.09. The largest absolute Gasteiger partial charge is 0.332 e. The second-order valence-corrected chi connectivity index (χ2v) is 7.62. The number of rotatable bonds is 6. The van der Waals surface area contributed by atoms with Crippen molar-refractivity contribution >= 4 is 34.0 Å². The number of carbonyl (C=O) groups excluding carboxylic acids is 2. The van der Waals surface area contributed by atoms with Crippen molar-refractivity contribution in [2.24, 2.45) is 0 Å². The van der Waals surface area contributed by atoms with Gasteiger partial charge in [0.1, 0.15) is 5.65 Å². The average Bonchev–Trinajstić information content (AvgIpc) is 3.18. The summed E-state index contributed by atoms with van der Waals surface area (Å²) in [4.78, 5) is 32.2. The second-order valence-electron chi connectivity index (χ2n) is 7.62. The summed E-state index contributed by atoms with van der Waals surface area (Å²) in [5, 5.41) is 3.36. The Morgan fingerprint density at radius 3 is 2.45 bits per heavy atom. The molecule has 0 aliphatic carbocycles. The van der Waals surface area contributed by atoms with Crippen LogP contribution in [0.25, 0.3) is 22.2 Å². The Morgan fingerprint density at radius 2 is 1.72 bits per heavy atom. The monoisotopic (exact) mass is 388 g/mol. The van der Waals surface area contributed by atoms with Crippen molar-refractivity contribution in [3.8, 4) is 0 Å². The maximum absolute atomic E-state index is 12.8. The topological polar surface area (TPSA) is 67.2 Å². The van der Waals surface area contributed by atoms with E-state index in [0.717, 1.165) is 47.2 Å². The van der Waals surface area contributed by atoms with Crippen molar-refractivity contribution < 1.29 is 9.59 Å². The Kier molecular flexibility index (Phi) is 5.03. The number of aryl methyl sites for hydroxylation is 2. The summed E-state index contributed by atoms with van der Waals surface area (Å²) in [5.41, 5.74) is 4.17. The van der Waals surface area contributed by atoms with Crippen molar-refractivity contribution in [1.29, 1.82) is 0 Å². The van der Waals surface area contributed by atoms with Crippen molar-refractivity contribution in [2.75, 3.05) is 20.6 Å². The van der Waals surface area contributed by atoms with Crippen LogP contribution in [0.4, 0.5) is 0 Å². The Balaban J connectivity index is 1.89. The fourth-order valence-electron chi connectivity index (χ4n) is 3.87. The first-order valence-corrected chi connectivity index (χ1v) is 9.72. The van der Waals surface area contributed by atoms with Crippen LogP contribution >= 0.6 is 0 Å². The number of aromatic nitrogens is 2. The Hall–Kier alpha value is -3.25. The molecule has 148 valence electrons. The van der Waals surface area contributed by atoms with E-state index in [1.165, 1.54) is 0 Å². The number of fused-ring (bicyclic) bond motifs is 1. The van der Waals surface area contributed by atoms with E-state index in [0.29, 0.717) is 11.1 Å². The molecule has 0 unspecified atom stereocenters. The van der Waals surface area contributed by atoms with Crippen molar-refractivity contribution in [2.45, 2.75) is 19.9 Å². The van der Waals surface area contributed by atoms with E-state index in [1.807, 2.05) is 63.6 Å². The molecule has 3 heterocycles. The van der Waals surface area contributed by atoms with E-state index in [9.17, 15) is 9.59 Å². The van der Waals surface area contributed by atoms with Crippen molar-refractivity contribution in [3.63, 3.8) is 0 Å². The number of imide groups is 1. The number of nitrogens with one attached hydrogen (secondary N) is 1. The minimum Gasteiger partial charge on any atom is -0.332 e. The highest BCUT2D eigenvalue weighted by atomic mass is 16.2. The molecule has 0 fully saturated rings. The highest BCUT2D eigenvalue weighted by Crippen LogP contribution is 2.36. The lowest BCUT2D eigenvalue weighted by Crippen LogP contribution is -2.22. The van der Waals surface area contributed by atoms with Gasteiger partial charge in [0.2, 0.25) is 0 Å². The normalized spacial score (nSPS) is 14.3. The molecular weight excluding hydrogens is 364 g/mol. The van der Waals surface area contributed by atoms with Gasteiger partial charge in [-0.3, -0.25) is 14.9 Å². The summed E-state index contributed by atoms with van der Waals surface area (Å²) < 4.78 is 2.08. The van der Waals surface area contributed by atoms with Gasteiger partial charge in [-0.15, -0.1) is 0 Å². The summed E-state index contributed by atoms with van der Waals surface area (Å²) >= 11 is 0. The van der Waals surface area contributed by atoms with Crippen molar-refractivity contribution in [3.05, 3.63) is 65.5 Å². The van der Waals surface area contributed by atoms with E-state index >= 15 is 0 Å². The third-order valence-corrected chi connectivity index (χ3v) is 5.25. The number of nitrogens with zero attached hydrogens (tertiary/aromatic N) is 3. The van der Waals surface area contributed by atoms with Crippen molar-refractivity contribution in [1.82, 2.24) is 19.8 Å². The molecule has 6 nitrogen and oxygen atoms in total. The van der Waals surface area contributed by atoms with E-state index in [2.05, 4.69) is 19.8 Å². The van der Waals surface area contributed by atoms with Crippen LogP contribution in [0.15, 0.2) is 48.8 Å². The SMILES string of the molecule is Cc1ccccc1C1=C(c2cn(CCCN(C)C)c3ncccc23)C(=O)NC1=O. The van der Waals surface area contributed by atoms with E-state index in [1.54, 1.807) is 6.20 Å². The van der Waals surface area contributed by atoms with Gasteiger partial charge >= 0.3 is 0 Å². The molecular formula is C23H24N4O2. The van der Waals surface area contributed by atoms with E-state index in [4.69, 9.17) is 0 Å². The summed E-state index contributed by atoms with van der Waals surface area (Å²) in [6, 6.07) is 11.5. The fourth-order valence-corrected chi connectivity index (χ4v) is 3.87. The van der Waals surface area contributed by atoms with Gasteiger partial charge in [-0.2, -0.15) is 0 Å². The van der Waals surface area contributed by atoms with Gasteiger partial charge < -0.3 is 9.47 Å². The molecule has 6 heteroatoms. The first-order valence-electron chi connectivity index (χ1n) is 9.72. The van der Waals surface area contributed by atoms with Crippen LogP contribution in [0.2, 0.25) is 0 Å². The average molecular weight is 388 g/mol. The van der Waals surface area contributed by atoms with Gasteiger partial charge in [-0.05, 0) is 57.2 Å². The summed E-state index contributed by atoms with van der Waals surface area (Å²) in [6.07, 6.45) is 4.67. The molecule has 1 aromatic carbocycles. The van der Waals surface area contributed by atoms with Crippen LogP contribution in [0.5, 0.6) is 0 Å². The molecule has 29 heavy (non-hydrogen) atoms. The Morgan fingerprint density at radius 1 is 1.00 bits per heavy atom. The zero-order chi connectivity index (χ0) is 20.5. The number of hydrogen-bond donors (Lipinski definition) is 1. The molecule has 2 aromatic heterocycles. The van der Waals surface area contributed by atoms with Crippen LogP contribution < -0.4 is 5.32 Å². The third-order valence-electron chi connectivity index (χ3n) is 5.25. The van der Waals surface area contributed by atoms with Gasteiger partial charge in [0, 0.05) is 29.9 Å². The van der Waals surface area contributed by atoms with Crippen LogP contribution in [-0.4, -0.2) is 46.9 Å². The molecule has 0 saturated carbocycles. The predicted molar refractivity (Wildman–Crippen MR) is 114 cm³/mol. The lowest BCUT2D eigenvalue weighted by molar-refractivity contribution is -0.122. The van der Waals surface area contributed by atoms with Crippen LogP contribution in [0, 0.1) is 6.92 Å². The zero-order valence-corrected chi connectivity index (χ0v) is 16.9. The zero-order valence-electron chi connectivity index (χ0n) is 16.9. The quantitative estimate of drug-likeness (QED) is 0.660. The minimum absolute atomic E-state index is 0.350. The number of amides is 2. The smallest absolute Gasteiger partial charge is 0.259 e. The van der Waals surface area contributed by atoms with Crippen LogP contribution in [0.1, 0.15) is 23.1 Å². The molecule has 0 spiro atoms. The van der Waals surface area contributed by atoms with Gasteiger partial charge in [0.05, 0.1) is 11.1 Å². The Labute approximate surface area is 169 Å². The van der Waals surface area contributed by atoms with E-state index in [-0.39, 0.29) is 11.8 Å². The second kappa shape index (κ2) is 7.64. The minimum atomic E-state index is -0.357. The van der Waals surface area contributed by atoms with Gasteiger partial charge in [0.15, 0.2) is 0 Å². The number of benzene rings is 1. The molecule has 0 atom stereocenters. The number of carbonyl (C=O) groups is 2. The van der Waals surface area contributed by atoms with Gasteiger partial charge in [-0.25, -0.2) is 4.98 Å². The lowest BCUT2D eigenvalue weighted by Gasteiger charge is -2.10. The molecule has 1 aliphatic heterocycles. The maximum Gasteiger partial charge on any atom is 0.259 e. The molecule has 0 radical (unpaired) electrons. The van der Waals surface area contributed by atoms with Gasteiger partial charge in [-0.1, -0.05) is 24.3 Å². The molecule has 4 rings (SSSR count). The first kappa shape index (κ1) is 19.1. The molecule has 3 aromatic rings. The number of pyridine rings is 1. The molecule has 0 saturated heterocycles. The molecule has 2 amide bonds. The van der Waals surface area contributed by atoms with Crippen LogP contribution in [-0.2, 0) is 16.1 Å². The standard InChI is InChI=1S/C23H24N4O2/c1-15-8-4-5-9-16(15)19-20(23(29)25-22(19)28)18-14-27(13-7-12-26(2)3)21-17(18)10-6-11-24-21/h4-6,8-11,14H,7,12-13H2,1-3H3,(H,25,28,29). The third kappa shape index (κ3) is 3.47. The highest BCUT2D eigenvalue weighted by Gasteiger charge is 2.34. The summed E-state index contributed by atoms with van der Waals surface area (Å²) in [6.45, 7) is 3.69. The fraction of sp³-hybridized carbons (Fsp3) is 0.261. The van der Waals surface area contributed by atoms with Gasteiger partial charge in [0.25, 0.3) is 11.8 Å². The number of hydrogen-bond acceptors (Lipinski definition) is 4. The summed E-state index contributed by atoms with van der Waals surface area (Å²) in [5.74, 6) is -0.707. The molecule has 1 aliphatic rings. The highest BCUT2D eigenvalue weighted by molar-refractivity contribution is 6.50. The predicted octanol–water partition coefficient (Wildman–Crippen LogP) is 2.86.